The zero-order valence-electron chi connectivity index (χ0n) is 7.94. The van der Waals surface area contributed by atoms with Crippen molar-refractivity contribution < 1.29 is 4.74 Å². The third-order valence-electron chi connectivity index (χ3n) is 2.20. The molecule has 14 heavy (non-hydrogen) atoms. The Morgan fingerprint density at radius 3 is 3.21 bits per heavy atom. The summed E-state index contributed by atoms with van der Waals surface area (Å²) in [5.41, 5.74) is 6.52. The zero-order valence-corrected chi connectivity index (χ0v) is 7.94. The van der Waals surface area contributed by atoms with Gasteiger partial charge in [0, 0.05) is 30.8 Å². The van der Waals surface area contributed by atoms with Crippen LogP contribution < -0.4 is 11.1 Å². The Balaban J connectivity index is 1.95. The SMILES string of the molecule is Nc1cc(CC2COCCN2)ncn1. The predicted molar refractivity (Wildman–Crippen MR) is 52.8 cm³/mol. The monoisotopic (exact) mass is 194 g/mol. The molecule has 1 fully saturated rings. The summed E-state index contributed by atoms with van der Waals surface area (Å²) in [6.07, 6.45) is 2.33. The number of nitrogens with one attached hydrogen (secondary N) is 1. The summed E-state index contributed by atoms with van der Waals surface area (Å²) >= 11 is 0. The van der Waals surface area contributed by atoms with E-state index in [0.29, 0.717) is 11.9 Å². The van der Waals surface area contributed by atoms with Gasteiger partial charge in [-0.2, -0.15) is 0 Å². The molecule has 2 rings (SSSR count). The van der Waals surface area contributed by atoms with E-state index >= 15 is 0 Å². The van der Waals surface area contributed by atoms with Crippen molar-refractivity contribution in [3.63, 3.8) is 0 Å². The molecule has 2 heterocycles. The lowest BCUT2D eigenvalue weighted by atomic mass is 10.1. The van der Waals surface area contributed by atoms with Gasteiger partial charge in [-0.05, 0) is 0 Å². The van der Waals surface area contributed by atoms with Crippen LogP contribution in [0.2, 0.25) is 0 Å². The third kappa shape index (κ3) is 2.40. The molecule has 0 bridgehead atoms. The minimum Gasteiger partial charge on any atom is -0.384 e. The molecule has 1 aromatic rings. The first kappa shape index (κ1) is 9.36. The number of hydrogen-bond acceptors (Lipinski definition) is 5. The van der Waals surface area contributed by atoms with E-state index in [1.165, 1.54) is 6.33 Å². The minimum atomic E-state index is 0.345. The van der Waals surface area contributed by atoms with E-state index in [-0.39, 0.29) is 0 Å². The smallest absolute Gasteiger partial charge is 0.126 e. The Labute approximate surface area is 82.7 Å². The molecule has 0 saturated carbocycles. The Morgan fingerprint density at radius 2 is 2.50 bits per heavy atom. The number of nitrogens with two attached hydrogens (primary N) is 1. The second-order valence-electron chi connectivity index (χ2n) is 3.36. The molecule has 0 spiro atoms. The topological polar surface area (TPSA) is 73.1 Å². The molecule has 1 aromatic heterocycles. The largest absolute Gasteiger partial charge is 0.384 e. The van der Waals surface area contributed by atoms with E-state index in [1.54, 1.807) is 6.07 Å². The summed E-state index contributed by atoms with van der Waals surface area (Å²) in [5, 5.41) is 3.36. The molecule has 1 saturated heterocycles. The summed E-state index contributed by atoms with van der Waals surface area (Å²) in [4.78, 5) is 7.99. The van der Waals surface area contributed by atoms with Gasteiger partial charge in [-0.1, -0.05) is 0 Å². The Bertz CT molecular complexity index is 299. The predicted octanol–water partition coefficient (Wildman–Crippen LogP) is -0.410. The van der Waals surface area contributed by atoms with Gasteiger partial charge >= 0.3 is 0 Å². The van der Waals surface area contributed by atoms with Crippen molar-refractivity contribution in [1.82, 2.24) is 15.3 Å². The Morgan fingerprint density at radius 1 is 1.57 bits per heavy atom. The summed E-state index contributed by atoms with van der Waals surface area (Å²) in [6.45, 7) is 2.44. The average molecular weight is 194 g/mol. The maximum absolute atomic E-state index is 5.56. The molecule has 1 atom stereocenters. The number of anilines is 1. The van der Waals surface area contributed by atoms with Crippen molar-refractivity contribution in [1.29, 1.82) is 0 Å². The molecule has 0 aliphatic carbocycles. The summed E-state index contributed by atoms with van der Waals surface area (Å²) in [7, 11) is 0. The first-order valence-corrected chi connectivity index (χ1v) is 4.72. The zero-order chi connectivity index (χ0) is 9.80. The van der Waals surface area contributed by atoms with Crippen LogP contribution in [0.25, 0.3) is 0 Å². The molecule has 76 valence electrons. The minimum absolute atomic E-state index is 0.345. The van der Waals surface area contributed by atoms with Crippen LogP contribution in [0.1, 0.15) is 5.69 Å². The summed E-state index contributed by atoms with van der Waals surface area (Å²) < 4.78 is 5.35. The third-order valence-corrected chi connectivity index (χ3v) is 2.20. The van der Waals surface area contributed by atoms with Gasteiger partial charge in [0.25, 0.3) is 0 Å². The number of hydrogen-bond donors (Lipinski definition) is 2. The van der Waals surface area contributed by atoms with Gasteiger partial charge in [-0.15, -0.1) is 0 Å². The lowest BCUT2D eigenvalue weighted by Crippen LogP contribution is -2.42. The van der Waals surface area contributed by atoms with Crippen LogP contribution in [0, 0.1) is 0 Å². The molecule has 5 heteroatoms. The second-order valence-corrected chi connectivity index (χ2v) is 3.36. The number of ether oxygens (including phenoxy) is 1. The van der Waals surface area contributed by atoms with E-state index in [1.807, 2.05) is 0 Å². The summed E-state index contributed by atoms with van der Waals surface area (Å²) in [5.74, 6) is 0.520. The molecule has 0 amide bonds. The second kappa shape index (κ2) is 4.34. The van der Waals surface area contributed by atoms with Gasteiger partial charge < -0.3 is 15.8 Å². The van der Waals surface area contributed by atoms with Crippen LogP contribution in [0.15, 0.2) is 12.4 Å². The maximum atomic E-state index is 5.56. The van der Waals surface area contributed by atoms with E-state index in [2.05, 4.69) is 15.3 Å². The fourth-order valence-corrected chi connectivity index (χ4v) is 1.53. The van der Waals surface area contributed by atoms with Crippen molar-refractivity contribution in [2.75, 3.05) is 25.5 Å². The number of rotatable bonds is 2. The Kier molecular flexibility index (Phi) is 2.90. The molecule has 5 nitrogen and oxygen atoms in total. The number of nitrogens with zero attached hydrogens (tertiary/aromatic N) is 2. The molecule has 0 radical (unpaired) electrons. The van der Waals surface area contributed by atoms with Gasteiger partial charge in [0.15, 0.2) is 0 Å². The van der Waals surface area contributed by atoms with Gasteiger partial charge in [-0.25, -0.2) is 9.97 Å². The first-order valence-electron chi connectivity index (χ1n) is 4.72. The van der Waals surface area contributed by atoms with E-state index in [9.17, 15) is 0 Å². The number of nitrogen functional groups attached to an aromatic ring is 1. The van der Waals surface area contributed by atoms with Crippen LogP contribution in [0.5, 0.6) is 0 Å². The van der Waals surface area contributed by atoms with Crippen LogP contribution in [0.3, 0.4) is 0 Å². The molecule has 3 N–H and O–H groups in total. The summed E-state index contributed by atoms with van der Waals surface area (Å²) in [6, 6.07) is 2.15. The van der Waals surface area contributed by atoms with E-state index < -0.39 is 0 Å². The van der Waals surface area contributed by atoms with Gasteiger partial charge in [0.05, 0.1) is 13.2 Å². The molecule has 0 aromatic carbocycles. The number of aromatic nitrogens is 2. The lowest BCUT2D eigenvalue weighted by Gasteiger charge is -2.23. The van der Waals surface area contributed by atoms with Crippen molar-refractivity contribution in [3.8, 4) is 0 Å². The van der Waals surface area contributed by atoms with Crippen LogP contribution >= 0.6 is 0 Å². The van der Waals surface area contributed by atoms with Crippen molar-refractivity contribution >= 4 is 5.82 Å². The highest BCUT2D eigenvalue weighted by Gasteiger charge is 2.13. The molecular formula is C9H14N4O. The van der Waals surface area contributed by atoms with Gasteiger partial charge in [0.2, 0.25) is 0 Å². The van der Waals surface area contributed by atoms with Gasteiger partial charge in [-0.3, -0.25) is 0 Å². The maximum Gasteiger partial charge on any atom is 0.126 e. The van der Waals surface area contributed by atoms with Crippen LogP contribution in [-0.2, 0) is 11.2 Å². The normalized spacial score (nSPS) is 22.1. The van der Waals surface area contributed by atoms with E-state index in [0.717, 1.165) is 31.9 Å². The number of morpholine rings is 1. The highest BCUT2D eigenvalue weighted by molar-refractivity contribution is 5.28. The highest BCUT2D eigenvalue weighted by atomic mass is 16.5. The van der Waals surface area contributed by atoms with Crippen LogP contribution in [-0.4, -0.2) is 35.8 Å². The highest BCUT2D eigenvalue weighted by Crippen LogP contribution is 2.04. The quantitative estimate of drug-likeness (QED) is 0.669. The van der Waals surface area contributed by atoms with Crippen molar-refractivity contribution in [2.45, 2.75) is 12.5 Å². The molecule has 1 aliphatic rings. The molecule has 1 unspecified atom stereocenters. The lowest BCUT2D eigenvalue weighted by molar-refractivity contribution is 0.0767. The standard InChI is InChI=1S/C9H14N4O/c10-9-4-7(12-6-13-9)3-8-5-14-2-1-11-8/h4,6,8,11H,1-3,5H2,(H2,10,12,13). The van der Waals surface area contributed by atoms with Crippen molar-refractivity contribution in [3.05, 3.63) is 18.1 Å². The molecular weight excluding hydrogens is 180 g/mol. The van der Waals surface area contributed by atoms with Crippen LogP contribution in [0.4, 0.5) is 5.82 Å². The van der Waals surface area contributed by atoms with Gasteiger partial charge in [0.1, 0.15) is 12.1 Å². The molecule has 1 aliphatic heterocycles. The average Bonchev–Trinajstić information content (AvgIpc) is 2.19. The fourth-order valence-electron chi connectivity index (χ4n) is 1.53. The Hall–Kier alpha value is -1.20. The first-order chi connectivity index (χ1) is 6.84. The van der Waals surface area contributed by atoms with Crippen molar-refractivity contribution in [2.24, 2.45) is 0 Å². The van der Waals surface area contributed by atoms with E-state index in [4.69, 9.17) is 10.5 Å². The fraction of sp³-hybridized carbons (Fsp3) is 0.556.